The van der Waals surface area contributed by atoms with Gasteiger partial charge in [-0.15, -0.1) is 4.99 Å². The molecule has 0 aliphatic heterocycles. The number of carbonyl (C=O) groups excluding carboxylic acids is 1. The van der Waals surface area contributed by atoms with Crippen LogP contribution in [0.15, 0.2) is 29.3 Å². The number of hydrogen-bond donors (Lipinski definition) is 0. The lowest BCUT2D eigenvalue weighted by Crippen LogP contribution is -2.12. The van der Waals surface area contributed by atoms with Crippen molar-refractivity contribution in [1.82, 2.24) is 0 Å². The first-order chi connectivity index (χ1) is 8.88. The molecule has 1 rings (SSSR count). The first kappa shape index (κ1) is 14.6. The monoisotopic (exact) mass is 266 g/mol. The van der Waals surface area contributed by atoms with Gasteiger partial charge in [0.25, 0.3) is 5.69 Å². The maximum absolute atomic E-state index is 11.4. The summed E-state index contributed by atoms with van der Waals surface area (Å²) >= 11 is 0. The number of hydrogen-bond acceptors (Lipinski definition) is 5. The quantitative estimate of drug-likeness (QED) is 0.363. The zero-order chi connectivity index (χ0) is 14.4. The van der Waals surface area contributed by atoms with Crippen LogP contribution in [-0.4, -0.2) is 23.0 Å². The number of nitro groups is 1. The Morgan fingerprint density at radius 3 is 2.37 bits per heavy atom. The smallest absolute Gasteiger partial charge is 0.442 e. The third kappa shape index (κ3) is 5.15. The van der Waals surface area contributed by atoms with E-state index in [1.54, 1.807) is 13.8 Å². The van der Waals surface area contributed by atoms with Gasteiger partial charge in [0.1, 0.15) is 5.75 Å². The van der Waals surface area contributed by atoms with Crippen LogP contribution in [0.25, 0.3) is 0 Å². The summed E-state index contributed by atoms with van der Waals surface area (Å²) in [6, 6.07) is 5.13. The van der Waals surface area contributed by atoms with Crippen LogP contribution >= 0.6 is 0 Å². The number of amides is 1. The summed E-state index contributed by atoms with van der Waals surface area (Å²) in [7, 11) is 0. The van der Waals surface area contributed by atoms with Gasteiger partial charge >= 0.3 is 6.09 Å². The minimum atomic E-state index is -0.841. The molecule has 0 bridgehead atoms. The predicted octanol–water partition coefficient (Wildman–Crippen LogP) is 2.94. The highest BCUT2D eigenvalue weighted by Gasteiger charge is 2.08. The SMILES string of the molecule is CC(=NC(=O)Oc1ccc([N+](=O)[O-])cc1)OC(C)C. The van der Waals surface area contributed by atoms with Gasteiger partial charge in [0.2, 0.25) is 0 Å². The minimum Gasteiger partial charge on any atom is -0.478 e. The average molecular weight is 266 g/mol. The molecule has 0 fully saturated rings. The van der Waals surface area contributed by atoms with Crippen LogP contribution in [0, 0.1) is 10.1 Å². The van der Waals surface area contributed by atoms with E-state index in [1.807, 2.05) is 0 Å². The maximum Gasteiger partial charge on any atom is 0.442 e. The predicted molar refractivity (Wildman–Crippen MR) is 68.5 cm³/mol. The summed E-state index contributed by atoms with van der Waals surface area (Å²) in [6.07, 6.45) is -0.928. The van der Waals surface area contributed by atoms with Gasteiger partial charge in [-0.05, 0) is 26.0 Å². The highest BCUT2D eigenvalue weighted by Crippen LogP contribution is 2.17. The third-order valence-electron chi connectivity index (χ3n) is 1.91. The van der Waals surface area contributed by atoms with Gasteiger partial charge in [-0.3, -0.25) is 10.1 Å². The number of aliphatic imine (C=N–C) groups is 1. The second-order valence-electron chi connectivity index (χ2n) is 3.92. The van der Waals surface area contributed by atoms with E-state index in [2.05, 4.69) is 4.99 Å². The summed E-state index contributed by atoms with van der Waals surface area (Å²) in [4.78, 5) is 24.9. The molecule has 0 saturated carbocycles. The van der Waals surface area contributed by atoms with Crippen molar-refractivity contribution in [2.45, 2.75) is 26.9 Å². The first-order valence-corrected chi connectivity index (χ1v) is 5.56. The van der Waals surface area contributed by atoms with E-state index in [1.165, 1.54) is 31.2 Å². The molecule has 1 aromatic carbocycles. The van der Waals surface area contributed by atoms with Crippen molar-refractivity contribution in [2.24, 2.45) is 4.99 Å². The number of nitro benzene ring substituents is 1. The van der Waals surface area contributed by atoms with Crippen LogP contribution in [0.5, 0.6) is 5.75 Å². The van der Waals surface area contributed by atoms with Gasteiger partial charge in [0.15, 0.2) is 5.90 Å². The summed E-state index contributed by atoms with van der Waals surface area (Å²) in [6.45, 7) is 5.15. The standard InChI is InChI=1S/C12H14N2O5/c1-8(2)18-9(3)13-12(15)19-11-6-4-10(5-7-11)14(16)17/h4-8H,1-3H3. The van der Waals surface area contributed by atoms with Gasteiger partial charge in [0.05, 0.1) is 11.0 Å². The van der Waals surface area contributed by atoms with Gasteiger partial charge in [-0.1, -0.05) is 0 Å². The van der Waals surface area contributed by atoms with Crippen molar-refractivity contribution in [1.29, 1.82) is 0 Å². The zero-order valence-corrected chi connectivity index (χ0v) is 10.8. The topological polar surface area (TPSA) is 91.0 Å². The molecule has 0 aromatic heterocycles. The summed E-state index contributed by atoms with van der Waals surface area (Å²) in [5.74, 6) is 0.374. The highest BCUT2D eigenvalue weighted by atomic mass is 16.6. The van der Waals surface area contributed by atoms with Crippen LogP contribution in [0.4, 0.5) is 10.5 Å². The van der Waals surface area contributed by atoms with Crippen molar-refractivity contribution in [3.63, 3.8) is 0 Å². The van der Waals surface area contributed by atoms with Gasteiger partial charge in [-0.2, -0.15) is 0 Å². The summed E-state index contributed by atoms with van der Waals surface area (Å²) in [5, 5.41) is 10.4. The molecule has 0 radical (unpaired) electrons. The fourth-order valence-electron chi connectivity index (χ4n) is 1.26. The van der Waals surface area contributed by atoms with E-state index in [0.717, 1.165) is 0 Å². The van der Waals surface area contributed by atoms with E-state index in [0.29, 0.717) is 0 Å². The lowest BCUT2D eigenvalue weighted by atomic mass is 10.3. The average Bonchev–Trinajstić information content (AvgIpc) is 2.27. The normalized spacial score (nSPS) is 11.3. The van der Waals surface area contributed by atoms with E-state index in [4.69, 9.17) is 9.47 Å². The molecular weight excluding hydrogens is 252 g/mol. The van der Waals surface area contributed by atoms with Crippen LogP contribution in [-0.2, 0) is 4.74 Å². The molecule has 102 valence electrons. The molecule has 7 nitrogen and oxygen atoms in total. The van der Waals surface area contributed by atoms with E-state index < -0.39 is 11.0 Å². The Hall–Kier alpha value is -2.44. The lowest BCUT2D eigenvalue weighted by molar-refractivity contribution is -0.384. The van der Waals surface area contributed by atoms with E-state index in [-0.39, 0.29) is 23.4 Å². The second-order valence-corrected chi connectivity index (χ2v) is 3.92. The molecule has 0 aliphatic rings. The maximum atomic E-state index is 11.4. The molecular formula is C12H14N2O5. The van der Waals surface area contributed by atoms with Crippen LogP contribution < -0.4 is 4.74 Å². The van der Waals surface area contributed by atoms with Crippen molar-refractivity contribution < 1.29 is 19.2 Å². The lowest BCUT2D eigenvalue weighted by Gasteiger charge is -2.07. The Labute approximate surface area is 110 Å². The fraction of sp³-hybridized carbons (Fsp3) is 0.333. The van der Waals surface area contributed by atoms with Crippen molar-refractivity contribution in [3.05, 3.63) is 34.4 Å². The van der Waals surface area contributed by atoms with E-state index in [9.17, 15) is 14.9 Å². The largest absolute Gasteiger partial charge is 0.478 e. The van der Waals surface area contributed by atoms with Crippen molar-refractivity contribution in [2.75, 3.05) is 0 Å². The number of non-ortho nitro benzene ring substituents is 1. The molecule has 1 amide bonds. The molecule has 0 N–H and O–H groups in total. The Balaban J connectivity index is 2.64. The van der Waals surface area contributed by atoms with Crippen LogP contribution in [0.2, 0.25) is 0 Å². The summed E-state index contributed by atoms with van der Waals surface area (Å²) < 4.78 is 10.0. The third-order valence-corrected chi connectivity index (χ3v) is 1.91. The number of carbonyl (C=O) groups is 1. The Bertz CT molecular complexity index is 493. The molecule has 19 heavy (non-hydrogen) atoms. The van der Waals surface area contributed by atoms with Gasteiger partial charge < -0.3 is 9.47 Å². The molecule has 0 atom stereocenters. The van der Waals surface area contributed by atoms with Gasteiger partial charge in [0, 0.05) is 19.1 Å². The molecule has 0 unspecified atom stereocenters. The fourth-order valence-corrected chi connectivity index (χ4v) is 1.26. The highest BCUT2D eigenvalue weighted by molar-refractivity contribution is 5.87. The van der Waals surface area contributed by atoms with Crippen LogP contribution in [0.1, 0.15) is 20.8 Å². The molecule has 7 heteroatoms. The van der Waals surface area contributed by atoms with Crippen LogP contribution in [0.3, 0.4) is 0 Å². The Kier molecular flexibility index (Phi) is 4.99. The Morgan fingerprint density at radius 1 is 1.32 bits per heavy atom. The minimum absolute atomic E-state index is 0.0809. The number of ether oxygens (including phenoxy) is 2. The number of rotatable bonds is 3. The van der Waals surface area contributed by atoms with Crippen molar-refractivity contribution in [3.8, 4) is 5.75 Å². The Morgan fingerprint density at radius 2 is 1.89 bits per heavy atom. The molecule has 0 spiro atoms. The first-order valence-electron chi connectivity index (χ1n) is 5.56. The number of nitrogens with zero attached hydrogens (tertiary/aromatic N) is 2. The number of benzene rings is 1. The van der Waals surface area contributed by atoms with Crippen molar-refractivity contribution >= 4 is 17.7 Å². The molecule has 0 heterocycles. The summed E-state index contributed by atoms with van der Waals surface area (Å²) in [5.41, 5.74) is -0.0809. The molecule has 1 aromatic rings. The van der Waals surface area contributed by atoms with Gasteiger partial charge in [-0.25, -0.2) is 4.79 Å². The molecule has 0 aliphatic carbocycles. The zero-order valence-electron chi connectivity index (χ0n) is 10.8. The van der Waals surface area contributed by atoms with E-state index >= 15 is 0 Å². The second kappa shape index (κ2) is 6.48. The molecule has 0 saturated heterocycles.